The average molecular weight is 210 g/mol. The first-order valence-electron chi connectivity index (χ1n) is 4.41. The summed E-state index contributed by atoms with van der Waals surface area (Å²) in [6.07, 6.45) is 1.72. The van der Waals surface area contributed by atoms with E-state index in [-0.39, 0.29) is 6.04 Å². The minimum Gasteiger partial charge on any atom is -0.308 e. The summed E-state index contributed by atoms with van der Waals surface area (Å²) in [6.45, 7) is 1.72. The smallest absolute Gasteiger partial charge is 0.148 e. The number of nitriles is 1. The van der Waals surface area contributed by atoms with Crippen LogP contribution in [0.15, 0.2) is 11.6 Å². The Balaban J connectivity index is 2.38. The molecule has 5 heteroatoms. The molecule has 1 N–H and O–H groups in total. The fourth-order valence-electron chi connectivity index (χ4n) is 0.998. The van der Waals surface area contributed by atoms with Gasteiger partial charge < -0.3 is 4.90 Å². The van der Waals surface area contributed by atoms with Gasteiger partial charge in [-0.15, -0.1) is 11.3 Å². The molecule has 4 nitrogen and oxygen atoms in total. The highest BCUT2D eigenvalue weighted by Crippen LogP contribution is 2.13. The third kappa shape index (κ3) is 3.42. The molecular weight excluding hydrogens is 196 g/mol. The second-order valence-corrected chi connectivity index (χ2v) is 4.12. The Morgan fingerprint density at radius 3 is 3.00 bits per heavy atom. The number of hydrogen-bond acceptors (Lipinski definition) is 5. The van der Waals surface area contributed by atoms with E-state index in [9.17, 15) is 0 Å². The van der Waals surface area contributed by atoms with Gasteiger partial charge in [0.2, 0.25) is 0 Å². The lowest BCUT2D eigenvalue weighted by Crippen LogP contribution is -2.29. The lowest BCUT2D eigenvalue weighted by Gasteiger charge is -2.12. The molecule has 1 unspecified atom stereocenters. The highest BCUT2D eigenvalue weighted by Gasteiger charge is 2.11. The van der Waals surface area contributed by atoms with Crippen molar-refractivity contribution < 1.29 is 0 Å². The van der Waals surface area contributed by atoms with Crippen molar-refractivity contribution in [3.05, 3.63) is 16.6 Å². The van der Waals surface area contributed by atoms with Crippen molar-refractivity contribution >= 4 is 11.3 Å². The molecule has 0 aromatic carbocycles. The third-order valence-electron chi connectivity index (χ3n) is 1.73. The first-order chi connectivity index (χ1) is 6.74. The number of likely N-dealkylation sites (N-methyl/N-ethyl adjacent to an activating group) is 1. The standard InChI is InChI=1S/C9H14N4S/c1-13(2)5-3-11-8(7-10)9-12-4-6-14-9/h4,6,8,11H,3,5H2,1-2H3. The van der Waals surface area contributed by atoms with E-state index < -0.39 is 0 Å². The molecule has 0 saturated carbocycles. The second-order valence-electron chi connectivity index (χ2n) is 3.19. The summed E-state index contributed by atoms with van der Waals surface area (Å²) in [7, 11) is 4.01. The summed E-state index contributed by atoms with van der Waals surface area (Å²) in [5.74, 6) is 0. The SMILES string of the molecule is CN(C)CCNC(C#N)c1nccs1. The number of thiazole rings is 1. The number of nitrogens with one attached hydrogen (secondary N) is 1. The second kappa shape index (κ2) is 5.70. The van der Waals surface area contributed by atoms with E-state index in [1.807, 2.05) is 19.5 Å². The maximum Gasteiger partial charge on any atom is 0.148 e. The zero-order valence-electron chi connectivity index (χ0n) is 8.40. The molecule has 1 aromatic rings. The Kier molecular flexibility index (Phi) is 4.53. The zero-order valence-corrected chi connectivity index (χ0v) is 9.21. The van der Waals surface area contributed by atoms with Gasteiger partial charge in [-0.1, -0.05) is 0 Å². The molecule has 0 spiro atoms. The van der Waals surface area contributed by atoms with Crippen LogP contribution in [-0.2, 0) is 0 Å². The van der Waals surface area contributed by atoms with E-state index in [0.29, 0.717) is 0 Å². The normalized spacial score (nSPS) is 12.7. The Hall–Kier alpha value is -0.960. The van der Waals surface area contributed by atoms with Crippen LogP contribution in [0.2, 0.25) is 0 Å². The molecule has 14 heavy (non-hydrogen) atoms. The molecule has 0 fully saturated rings. The van der Waals surface area contributed by atoms with Gasteiger partial charge in [0.05, 0.1) is 6.07 Å². The molecule has 0 aliphatic rings. The van der Waals surface area contributed by atoms with E-state index in [1.165, 1.54) is 11.3 Å². The highest BCUT2D eigenvalue weighted by molar-refractivity contribution is 7.09. The molecule has 0 saturated heterocycles. The number of aromatic nitrogens is 1. The van der Waals surface area contributed by atoms with E-state index in [1.54, 1.807) is 6.20 Å². The molecule has 76 valence electrons. The van der Waals surface area contributed by atoms with Gasteiger partial charge in [-0.05, 0) is 14.1 Å². The van der Waals surface area contributed by atoms with Crippen molar-refractivity contribution in [2.75, 3.05) is 27.2 Å². The van der Waals surface area contributed by atoms with Gasteiger partial charge in [-0.2, -0.15) is 5.26 Å². The molecule has 1 rings (SSSR count). The predicted octanol–water partition coefficient (Wildman–Crippen LogP) is 0.859. The van der Waals surface area contributed by atoms with Gasteiger partial charge in [0.15, 0.2) is 0 Å². The first kappa shape index (κ1) is 11.1. The van der Waals surface area contributed by atoms with Gasteiger partial charge in [0, 0.05) is 24.7 Å². The van der Waals surface area contributed by atoms with Crippen molar-refractivity contribution in [2.45, 2.75) is 6.04 Å². The molecule has 1 aromatic heterocycles. The van der Waals surface area contributed by atoms with Crippen molar-refractivity contribution in [3.63, 3.8) is 0 Å². The Labute approximate surface area is 88.2 Å². The van der Waals surface area contributed by atoms with Crippen LogP contribution in [0.1, 0.15) is 11.0 Å². The van der Waals surface area contributed by atoms with Crippen molar-refractivity contribution in [1.82, 2.24) is 15.2 Å². The van der Waals surface area contributed by atoms with Crippen LogP contribution >= 0.6 is 11.3 Å². The minimum atomic E-state index is -0.269. The summed E-state index contributed by atoms with van der Waals surface area (Å²) in [4.78, 5) is 6.18. The van der Waals surface area contributed by atoms with Crippen molar-refractivity contribution in [2.24, 2.45) is 0 Å². The molecule has 0 aliphatic carbocycles. The largest absolute Gasteiger partial charge is 0.308 e. The lowest BCUT2D eigenvalue weighted by molar-refractivity contribution is 0.395. The Morgan fingerprint density at radius 2 is 2.50 bits per heavy atom. The van der Waals surface area contributed by atoms with Crippen LogP contribution in [0, 0.1) is 11.3 Å². The molecule has 0 radical (unpaired) electrons. The van der Waals surface area contributed by atoms with Crippen LogP contribution in [0.4, 0.5) is 0 Å². The number of rotatable bonds is 5. The third-order valence-corrected chi connectivity index (χ3v) is 2.58. The summed E-state index contributed by atoms with van der Waals surface area (Å²) in [6, 6.07) is 1.93. The highest BCUT2D eigenvalue weighted by atomic mass is 32.1. The summed E-state index contributed by atoms with van der Waals surface area (Å²) in [5.41, 5.74) is 0. The van der Waals surface area contributed by atoms with Gasteiger partial charge in [0.1, 0.15) is 11.0 Å². The molecule has 0 amide bonds. The van der Waals surface area contributed by atoms with Crippen LogP contribution in [0.25, 0.3) is 0 Å². The van der Waals surface area contributed by atoms with E-state index in [2.05, 4.69) is 21.3 Å². The van der Waals surface area contributed by atoms with Crippen molar-refractivity contribution in [3.8, 4) is 6.07 Å². The summed E-state index contributed by atoms with van der Waals surface area (Å²) >= 11 is 1.50. The Bertz CT molecular complexity index is 288. The van der Waals surface area contributed by atoms with Crippen molar-refractivity contribution in [1.29, 1.82) is 5.26 Å². The summed E-state index contributed by atoms with van der Waals surface area (Å²) < 4.78 is 0. The first-order valence-corrected chi connectivity index (χ1v) is 5.29. The monoisotopic (exact) mass is 210 g/mol. The Morgan fingerprint density at radius 1 is 1.71 bits per heavy atom. The maximum absolute atomic E-state index is 8.90. The lowest BCUT2D eigenvalue weighted by atomic mass is 10.3. The van der Waals surface area contributed by atoms with Gasteiger partial charge in [-0.3, -0.25) is 5.32 Å². The molecule has 0 bridgehead atoms. The van der Waals surface area contributed by atoms with E-state index in [4.69, 9.17) is 5.26 Å². The van der Waals surface area contributed by atoms with Gasteiger partial charge in [-0.25, -0.2) is 4.98 Å². The van der Waals surface area contributed by atoms with Crippen LogP contribution in [0.5, 0.6) is 0 Å². The van der Waals surface area contributed by atoms with Crippen LogP contribution in [0.3, 0.4) is 0 Å². The quantitative estimate of drug-likeness (QED) is 0.783. The maximum atomic E-state index is 8.90. The fourth-order valence-corrected chi connectivity index (χ4v) is 1.65. The predicted molar refractivity (Wildman–Crippen MR) is 57.0 cm³/mol. The molecule has 1 atom stereocenters. The van der Waals surface area contributed by atoms with Crippen LogP contribution < -0.4 is 5.32 Å². The fraction of sp³-hybridized carbons (Fsp3) is 0.556. The molecule has 0 aliphatic heterocycles. The molecular formula is C9H14N4S. The topological polar surface area (TPSA) is 52.0 Å². The molecule has 1 heterocycles. The number of hydrogen-bond donors (Lipinski definition) is 1. The summed E-state index contributed by atoms with van der Waals surface area (Å²) in [5, 5.41) is 14.8. The zero-order chi connectivity index (χ0) is 10.4. The minimum absolute atomic E-state index is 0.269. The van der Waals surface area contributed by atoms with Gasteiger partial charge in [0.25, 0.3) is 0 Å². The number of nitrogens with zero attached hydrogens (tertiary/aromatic N) is 3. The van der Waals surface area contributed by atoms with E-state index >= 15 is 0 Å². The average Bonchev–Trinajstić information content (AvgIpc) is 2.64. The van der Waals surface area contributed by atoms with E-state index in [0.717, 1.165) is 18.1 Å². The van der Waals surface area contributed by atoms with Gasteiger partial charge >= 0.3 is 0 Å². The van der Waals surface area contributed by atoms with Crippen LogP contribution in [-0.4, -0.2) is 37.1 Å².